The SMILES string of the molecule is CCNC(CC1(OC)CCC1)C1CCCC1. The first-order valence-corrected chi connectivity index (χ1v) is 7.08. The molecule has 0 spiro atoms. The Bertz CT molecular complexity index is 201. The van der Waals surface area contributed by atoms with Gasteiger partial charge >= 0.3 is 0 Å². The molecule has 0 amide bonds. The molecule has 0 saturated heterocycles. The van der Waals surface area contributed by atoms with Gasteiger partial charge in [-0.1, -0.05) is 19.8 Å². The molecule has 0 aromatic heterocycles. The molecular weight excluding hydrogens is 198 g/mol. The number of nitrogens with one attached hydrogen (secondary N) is 1. The van der Waals surface area contributed by atoms with E-state index in [4.69, 9.17) is 4.74 Å². The second-order valence-corrected chi connectivity index (χ2v) is 5.65. The summed E-state index contributed by atoms with van der Waals surface area (Å²) in [6, 6.07) is 0.702. The van der Waals surface area contributed by atoms with Gasteiger partial charge in [0.2, 0.25) is 0 Å². The molecule has 0 aromatic carbocycles. The zero-order valence-electron chi connectivity index (χ0n) is 10.9. The monoisotopic (exact) mass is 225 g/mol. The molecule has 0 aliphatic heterocycles. The van der Waals surface area contributed by atoms with Crippen LogP contribution in [0.25, 0.3) is 0 Å². The minimum absolute atomic E-state index is 0.232. The molecule has 2 nitrogen and oxygen atoms in total. The summed E-state index contributed by atoms with van der Waals surface area (Å²) in [7, 11) is 1.90. The summed E-state index contributed by atoms with van der Waals surface area (Å²) in [5.41, 5.74) is 0.232. The highest BCUT2D eigenvalue weighted by atomic mass is 16.5. The van der Waals surface area contributed by atoms with Gasteiger partial charge in [0.1, 0.15) is 0 Å². The molecule has 2 saturated carbocycles. The van der Waals surface area contributed by atoms with Gasteiger partial charge in [0.25, 0.3) is 0 Å². The zero-order valence-corrected chi connectivity index (χ0v) is 10.9. The number of ether oxygens (including phenoxy) is 1. The predicted molar refractivity (Wildman–Crippen MR) is 67.6 cm³/mol. The lowest BCUT2D eigenvalue weighted by Gasteiger charge is -2.44. The number of hydrogen-bond acceptors (Lipinski definition) is 2. The third-order valence-electron chi connectivity index (χ3n) is 4.72. The molecule has 0 radical (unpaired) electrons. The van der Waals surface area contributed by atoms with Crippen LogP contribution in [0, 0.1) is 5.92 Å². The Labute approximate surface area is 100 Å². The molecule has 2 aliphatic carbocycles. The zero-order chi connectivity index (χ0) is 11.4. The first kappa shape index (κ1) is 12.4. The van der Waals surface area contributed by atoms with Gasteiger partial charge in [-0.15, -0.1) is 0 Å². The Morgan fingerprint density at radius 2 is 1.94 bits per heavy atom. The highest BCUT2D eigenvalue weighted by Gasteiger charge is 2.40. The summed E-state index contributed by atoms with van der Waals surface area (Å²) < 4.78 is 5.77. The number of methoxy groups -OCH3 is 1. The van der Waals surface area contributed by atoms with Crippen molar-refractivity contribution >= 4 is 0 Å². The largest absolute Gasteiger partial charge is 0.378 e. The molecule has 2 fully saturated rings. The summed E-state index contributed by atoms with van der Waals surface area (Å²) in [4.78, 5) is 0. The van der Waals surface area contributed by atoms with Gasteiger partial charge in [-0.3, -0.25) is 0 Å². The molecule has 94 valence electrons. The minimum Gasteiger partial charge on any atom is -0.378 e. The van der Waals surface area contributed by atoms with E-state index in [-0.39, 0.29) is 5.60 Å². The van der Waals surface area contributed by atoms with E-state index in [1.807, 2.05) is 7.11 Å². The van der Waals surface area contributed by atoms with Gasteiger partial charge in [-0.25, -0.2) is 0 Å². The third-order valence-corrected chi connectivity index (χ3v) is 4.72. The maximum absolute atomic E-state index is 5.77. The molecule has 0 bridgehead atoms. The lowest BCUT2D eigenvalue weighted by atomic mass is 9.73. The fraction of sp³-hybridized carbons (Fsp3) is 1.00. The van der Waals surface area contributed by atoms with Crippen LogP contribution in [0.5, 0.6) is 0 Å². The van der Waals surface area contributed by atoms with Crippen molar-refractivity contribution in [2.45, 2.75) is 69.9 Å². The maximum Gasteiger partial charge on any atom is 0.0693 e. The van der Waals surface area contributed by atoms with E-state index in [0.717, 1.165) is 12.5 Å². The molecule has 2 rings (SSSR count). The van der Waals surface area contributed by atoms with E-state index < -0.39 is 0 Å². The molecule has 2 aliphatic rings. The number of hydrogen-bond donors (Lipinski definition) is 1. The minimum atomic E-state index is 0.232. The van der Waals surface area contributed by atoms with Gasteiger partial charge in [0, 0.05) is 13.2 Å². The summed E-state index contributed by atoms with van der Waals surface area (Å²) >= 11 is 0. The van der Waals surface area contributed by atoms with Crippen molar-refractivity contribution in [1.82, 2.24) is 5.32 Å². The van der Waals surface area contributed by atoms with E-state index >= 15 is 0 Å². The van der Waals surface area contributed by atoms with Crippen molar-refractivity contribution in [3.05, 3.63) is 0 Å². The highest BCUT2D eigenvalue weighted by Crippen LogP contribution is 2.41. The van der Waals surface area contributed by atoms with Crippen molar-refractivity contribution in [3.8, 4) is 0 Å². The average molecular weight is 225 g/mol. The topological polar surface area (TPSA) is 21.3 Å². The van der Waals surface area contributed by atoms with Crippen LogP contribution in [0.4, 0.5) is 0 Å². The van der Waals surface area contributed by atoms with Gasteiger partial charge in [-0.2, -0.15) is 0 Å². The molecule has 1 atom stereocenters. The van der Waals surface area contributed by atoms with Gasteiger partial charge < -0.3 is 10.1 Å². The summed E-state index contributed by atoms with van der Waals surface area (Å²) in [5, 5.41) is 3.70. The molecule has 16 heavy (non-hydrogen) atoms. The van der Waals surface area contributed by atoms with Gasteiger partial charge in [-0.05, 0) is 51.0 Å². The van der Waals surface area contributed by atoms with Crippen molar-refractivity contribution in [2.75, 3.05) is 13.7 Å². The molecular formula is C14H27NO. The van der Waals surface area contributed by atoms with Crippen molar-refractivity contribution < 1.29 is 4.74 Å². The smallest absolute Gasteiger partial charge is 0.0693 e. The van der Waals surface area contributed by atoms with Crippen molar-refractivity contribution in [2.24, 2.45) is 5.92 Å². The van der Waals surface area contributed by atoms with Crippen LogP contribution in [-0.4, -0.2) is 25.3 Å². The maximum atomic E-state index is 5.77. The fourth-order valence-electron chi connectivity index (χ4n) is 3.49. The Balaban J connectivity index is 1.90. The standard InChI is InChI=1S/C14H27NO/c1-3-15-13(12-7-4-5-8-12)11-14(16-2)9-6-10-14/h12-13,15H,3-11H2,1-2H3. The Morgan fingerprint density at radius 3 is 2.38 bits per heavy atom. The lowest BCUT2D eigenvalue weighted by Crippen LogP contribution is -2.48. The van der Waals surface area contributed by atoms with Gasteiger partial charge in [0.05, 0.1) is 5.60 Å². The van der Waals surface area contributed by atoms with E-state index in [1.54, 1.807) is 0 Å². The summed E-state index contributed by atoms with van der Waals surface area (Å²) in [5.74, 6) is 0.910. The first-order valence-electron chi connectivity index (χ1n) is 7.08. The normalized spacial score (nSPS) is 26.6. The Morgan fingerprint density at radius 1 is 1.25 bits per heavy atom. The second-order valence-electron chi connectivity index (χ2n) is 5.65. The van der Waals surface area contributed by atoms with Crippen LogP contribution in [0.15, 0.2) is 0 Å². The Hall–Kier alpha value is -0.0800. The van der Waals surface area contributed by atoms with Crippen LogP contribution >= 0.6 is 0 Å². The number of rotatable bonds is 6. The van der Waals surface area contributed by atoms with Crippen LogP contribution < -0.4 is 5.32 Å². The summed E-state index contributed by atoms with van der Waals surface area (Å²) in [6.07, 6.45) is 10.9. The van der Waals surface area contributed by atoms with E-state index in [0.29, 0.717) is 6.04 Å². The quantitative estimate of drug-likeness (QED) is 0.750. The van der Waals surface area contributed by atoms with Crippen molar-refractivity contribution in [1.29, 1.82) is 0 Å². The lowest BCUT2D eigenvalue weighted by molar-refractivity contribution is -0.0867. The molecule has 1 unspecified atom stereocenters. The van der Waals surface area contributed by atoms with Crippen LogP contribution in [0.2, 0.25) is 0 Å². The van der Waals surface area contributed by atoms with E-state index in [1.165, 1.54) is 51.4 Å². The second kappa shape index (κ2) is 5.50. The van der Waals surface area contributed by atoms with Crippen molar-refractivity contribution in [3.63, 3.8) is 0 Å². The van der Waals surface area contributed by atoms with E-state index in [9.17, 15) is 0 Å². The molecule has 1 N–H and O–H groups in total. The average Bonchev–Trinajstić information content (AvgIpc) is 2.75. The predicted octanol–water partition coefficient (Wildman–Crippen LogP) is 3.11. The molecule has 2 heteroatoms. The van der Waals surface area contributed by atoms with E-state index in [2.05, 4.69) is 12.2 Å². The van der Waals surface area contributed by atoms with Crippen LogP contribution in [0.1, 0.15) is 58.3 Å². The first-order chi connectivity index (χ1) is 7.79. The van der Waals surface area contributed by atoms with Gasteiger partial charge in [0.15, 0.2) is 0 Å². The van der Waals surface area contributed by atoms with Crippen LogP contribution in [-0.2, 0) is 4.74 Å². The molecule has 0 aromatic rings. The Kier molecular flexibility index (Phi) is 4.26. The summed E-state index contributed by atoms with van der Waals surface area (Å²) in [6.45, 7) is 3.32. The third kappa shape index (κ3) is 2.60. The fourth-order valence-corrected chi connectivity index (χ4v) is 3.49. The van der Waals surface area contributed by atoms with Crippen LogP contribution in [0.3, 0.4) is 0 Å². The molecule has 0 heterocycles. The highest BCUT2D eigenvalue weighted by molar-refractivity contribution is 4.95.